The van der Waals surface area contributed by atoms with Crippen LogP contribution < -0.4 is 0 Å². The molecule has 0 bridgehead atoms. The summed E-state index contributed by atoms with van der Waals surface area (Å²) in [7, 11) is 0. The van der Waals surface area contributed by atoms with Gasteiger partial charge in [-0.1, -0.05) is 55.5 Å². The second-order valence-corrected chi connectivity index (χ2v) is 6.14. The Bertz CT molecular complexity index is 86.0. The molecule has 16 heavy (non-hydrogen) atoms. The molecule has 0 aromatic heterocycles. The zero-order valence-electron chi connectivity index (χ0n) is 10.7. The summed E-state index contributed by atoms with van der Waals surface area (Å²) in [5, 5.41) is 1.35. The molecule has 0 aliphatic rings. The van der Waals surface area contributed by atoms with Gasteiger partial charge in [-0.25, -0.2) is 0 Å². The molecule has 0 rings (SSSR count). The largest absolute Gasteiger partial charge is 0.177 e. The fourth-order valence-corrected chi connectivity index (χ4v) is 1.06. The molecule has 0 saturated carbocycles. The van der Waals surface area contributed by atoms with Gasteiger partial charge in [0.15, 0.2) is 0 Å². The summed E-state index contributed by atoms with van der Waals surface area (Å²) in [5.41, 5.74) is 0. The molecule has 0 atom stereocenters. The minimum atomic E-state index is 0. The first-order valence-electron chi connectivity index (χ1n) is 5.28. The van der Waals surface area contributed by atoms with Crippen LogP contribution in [0.15, 0.2) is 12.7 Å². The van der Waals surface area contributed by atoms with Crippen LogP contribution in [0.1, 0.15) is 62.8 Å². The van der Waals surface area contributed by atoms with Crippen LogP contribution in [0.2, 0.25) is 0 Å². The van der Waals surface area contributed by atoms with Gasteiger partial charge in [-0.05, 0) is 29.6 Å². The number of hydrogen-bond donors (Lipinski definition) is 1. The van der Waals surface area contributed by atoms with Crippen LogP contribution in [0.25, 0.3) is 0 Å². The molecule has 0 aliphatic carbocycles. The topological polar surface area (TPSA) is 0 Å². The zero-order valence-corrected chi connectivity index (χ0v) is 12.4. The van der Waals surface area contributed by atoms with Crippen LogP contribution in [0.3, 0.4) is 0 Å². The second kappa shape index (κ2) is 29.5. The van der Waals surface area contributed by atoms with Crippen LogP contribution in [0.5, 0.6) is 0 Å². The first kappa shape index (κ1) is 29.9. The van der Waals surface area contributed by atoms with E-state index in [1.54, 1.807) is 6.08 Å². The Kier molecular flexibility index (Phi) is 55.3. The van der Waals surface area contributed by atoms with E-state index in [0.29, 0.717) is 5.25 Å². The fraction of sp³-hybridized carbons (Fsp3) is 0.857. The summed E-state index contributed by atoms with van der Waals surface area (Å²) in [6, 6.07) is 0. The van der Waals surface area contributed by atoms with Gasteiger partial charge < -0.3 is 0 Å². The van der Waals surface area contributed by atoms with E-state index in [2.05, 4.69) is 40.0 Å². The van der Waals surface area contributed by atoms with Gasteiger partial charge in [0.1, 0.15) is 0 Å². The molecule has 0 fully saturated rings. The van der Waals surface area contributed by atoms with Gasteiger partial charge >= 0.3 is 0 Å². The van der Waals surface area contributed by atoms with Crippen molar-refractivity contribution in [2.45, 2.75) is 73.3 Å². The third-order valence-electron chi connectivity index (χ3n) is 0.655. The predicted octanol–water partition coefficient (Wildman–Crippen LogP) is 6.33. The lowest BCUT2D eigenvalue weighted by Gasteiger charge is -1.99. The standard InChI is InChI=1S/C6H14S.C3H8S.C3H6.2CH4/c1-4-5-7-6(2)3;1-3(2)4;1-3-2;;/h6H,4-5H2,1-3H3;3-4H,1-2H3;3H,1H2,2H3;2*1H4. The third kappa shape index (κ3) is 132. The van der Waals surface area contributed by atoms with Gasteiger partial charge in [0.05, 0.1) is 0 Å². The maximum Gasteiger partial charge on any atom is -0.000969 e. The predicted molar refractivity (Wildman–Crippen MR) is 91.3 cm³/mol. The van der Waals surface area contributed by atoms with E-state index < -0.39 is 0 Å². The Hall–Kier alpha value is 0.440. The van der Waals surface area contributed by atoms with Gasteiger partial charge in [0, 0.05) is 0 Å². The number of thioether (sulfide) groups is 1. The Balaban J connectivity index is -0.0000000393. The van der Waals surface area contributed by atoms with Crippen molar-refractivity contribution in [1.29, 1.82) is 0 Å². The van der Waals surface area contributed by atoms with Crippen LogP contribution in [-0.4, -0.2) is 16.3 Å². The molecule has 0 aliphatic heterocycles. The normalized spacial score (nSPS) is 7.56. The summed E-state index contributed by atoms with van der Waals surface area (Å²) >= 11 is 6.00. The monoisotopic (exact) mass is 268 g/mol. The van der Waals surface area contributed by atoms with Crippen molar-refractivity contribution >= 4 is 24.4 Å². The quantitative estimate of drug-likeness (QED) is 0.461. The van der Waals surface area contributed by atoms with Crippen molar-refractivity contribution < 1.29 is 0 Å². The first-order valence-corrected chi connectivity index (χ1v) is 6.85. The number of thiol groups is 1. The van der Waals surface area contributed by atoms with Crippen LogP contribution >= 0.6 is 24.4 Å². The average Bonchev–Trinajstić information content (AvgIpc) is 2.01. The van der Waals surface area contributed by atoms with E-state index in [1.807, 2.05) is 32.5 Å². The minimum absolute atomic E-state index is 0. The van der Waals surface area contributed by atoms with Crippen LogP contribution in [0, 0.1) is 0 Å². The third-order valence-corrected chi connectivity index (χ3v) is 1.97. The first-order chi connectivity index (χ1) is 6.42. The summed E-state index contributed by atoms with van der Waals surface area (Å²) < 4.78 is 0. The van der Waals surface area contributed by atoms with E-state index in [4.69, 9.17) is 0 Å². The SMILES string of the molecule is C.C.C=CC.CC(C)S.CCCSC(C)C. The molecule has 0 unspecified atom stereocenters. The Morgan fingerprint density at radius 2 is 1.44 bits per heavy atom. The molecular formula is C14H36S2. The molecular weight excluding hydrogens is 232 g/mol. The maximum atomic E-state index is 3.97. The van der Waals surface area contributed by atoms with E-state index in [-0.39, 0.29) is 14.9 Å². The van der Waals surface area contributed by atoms with Crippen molar-refractivity contribution in [3.05, 3.63) is 12.7 Å². The Morgan fingerprint density at radius 1 is 1.19 bits per heavy atom. The lowest BCUT2D eigenvalue weighted by molar-refractivity contribution is 1.06. The van der Waals surface area contributed by atoms with Crippen LogP contribution in [0.4, 0.5) is 0 Å². The summed E-state index contributed by atoms with van der Waals surface area (Å²) in [6.45, 7) is 16.0. The van der Waals surface area contributed by atoms with E-state index in [9.17, 15) is 0 Å². The highest BCUT2D eigenvalue weighted by atomic mass is 32.2. The van der Waals surface area contributed by atoms with E-state index in [0.717, 1.165) is 5.25 Å². The molecule has 0 heterocycles. The second-order valence-electron chi connectivity index (χ2n) is 3.42. The minimum Gasteiger partial charge on any atom is -0.177 e. The zero-order chi connectivity index (χ0) is 12.0. The number of rotatable bonds is 3. The maximum absolute atomic E-state index is 3.97. The molecule has 104 valence electrons. The lowest BCUT2D eigenvalue weighted by atomic mass is 10.6. The number of allylic oxidation sites excluding steroid dienone is 1. The summed E-state index contributed by atoms with van der Waals surface area (Å²) in [4.78, 5) is 0. The number of hydrogen-bond acceptors (Lipinski definition) is 2. The van der Waals surface area contributed by atoms with E-state index >= 15 is 0 Å². The van der Waals surface area contributed by atoms with Crippen molar-refractivity contribution in [2.75, 3.05) is 5.75 Å². The fourth-order valence-electron chi connectivity index (χ4n) is 0.354. The molecule has 0 radical (unpaired) electrons. The smallest absolute Gasteiger partial charge is 0.000969 e. The highest BCUT2D eigenvalue weighted by molar-refractivity contribution is 7.99. The van der Waals surface area contributed by atoms with Gasteiger partial charge in [-0.2, -0.15) is 24.4 Å². The highest BCUT2D eigenvalue weighted by Crippen LogP contribution is 2.08. The molecule has 0 nitrogen and oxygen atoms in total. The molecule has 2 heteroatoms. The highest BCUT2D eigenvalue weighted by Gasteiger charge is 1.88. The summed E-state index contributed by atoms with van der Waals surface area (Å²) in [6.07, 6.45) is 3.06. The average molecular weight is 269 g/mol. The molecule has 0 amide bonds. The van der Waals surface area contributed by atoms with Crippen molar-refractivity contribution in [3.8, 4) is 0 Å². The molecule has 0 saturated heterocycles. The van der Waals surface area contributed by atoms with Gasteiger partial charge in [0.25, 0.3) is 0 Å². The summed E-state index contributed by atoms with van der Waals surface area (Å²) in [5.74, 6) is 1.32. The molecule has 0 aromatic carbocycles. The molecule has 0 N–H and O–H groups in total. The van der Waals surface area contributed by atoms with Gasteiger partial charge in [-0.3, -0.25) is 0 Å². The van der Waals surface area contributed by atoms with Crippen molar-refractivity contribution in [1.82, 2.24) is 0 Å². The van der Waals surface area contributed by atoms with E-state index in [1.165, 1.54) is 12.2 Å². The van der Waals surface area contributed by atoms with Crippen molar-refractivity contribution in [2.24, 2.45) is 0 Å². The van der Waals surface area contributed by atoms with Gasteiger partial charge in [-0.15, -0.1) is 6.58 Å². The lowest BCUT2D eigenvalue weighted by Crippen LogP contribution is -1.86. The van der Waals surface area contributed by atoms with Crippen molar-refractivity contribution in [3.63, 3.8) is 0 Å². The van der Waals surface area contributed by atoms with Gasteiger partial charge in [0.2, 0.25) is 0 Å². The Morgan fingerprint density at radius 3 is 1.50 bits per heavy atom. The van der Waals surface area contributed by atoms with Crippen LogP contribution in [-0.2, 0) is 0 Å². The molecule has 0 aromatic rings. The molecule has 0 spiro atoms. The Labute approximate surface area is 116 Å².